The Morgan fingerprint density at radius 2 is 1.71 bits per heavy atom. The minimum atomic E-state index is -1.02. The summed E-state index contributed by atoms with van der Waals surface area (Å²) in [6.07, 6.45) is 14.0. The number of rotatable bonds is 23. The van der Waals surface area contributed by atoms with E-state index in [9.17, 15) is 33.9 Å². The molecule has 0 aliphatic carbocycles. The molecule has 1 aliphatic rings. The number of likely N-dealkylation sites (N-methyl/N-ethyl adjacent to an activating group) is 2. The number of hydrogen-bond acceptors (Lipinski definition) is 11. The molecule has 1 aliphatic heterocycles. The molecular formula is C44H63N5O9. The Morgan fingerprint density at radius 3 is 2.33 bits per heavy atom. The second-order valence-corrected chi connectivity index (χ2v) is 14.7. The average Bonchev–Trinajstić information content (AvgIpc) is 3.20. The Hall–Kier alpha value is -5.02. The van der Waals surface area contributed by atoms with Crippen LogP contribution in [0.15, 0.2) is 90.1 Å². The van der Waals surface area contributed by atoms with Crippen LogP contribution in [0.5, 0.6) is 0 Å². The summed E-state index contributed by atoms with van der Waals surface area (Å²) in [4.78, 5) is 81.0. The van der Waals surface area contributed by atoms with Gasteiger partial charge in [0.25, 0.3) is 11.8 Å². The van der Waals surface area contributed by atoms with E-state index in [1.165, 1.54) is 38.2 Å². The summed E-state index contributed by atoms with van der Waals surface area (Å²) in [6, 6.07) is 7.16. The van der Waals surface area contributed by atoms with Crippen LogP contribution in [-0.2, 0) is 44.8 Å². The van der Waals surface area contributed by atoms with Gasteiger partial charge in [-0.1, -0.05) is 86.7 Å². The molecule has 318 valence electrons. The second kappa shape index (κ2) is 26.1. The number of amides is 3. The summed E-state index contributed by atoms with van der Waals surface area (Å²) >= 11 is 0. The molecule has 1 saturated heterocycles. The maximum absolute atomic E-state index is 14.0. The highest BCUT2D eigenvalue weighted by Gasteiger charge is 2.35. The molecule has 4 N–H and O–H groups in total. The Labute approximate surface area is 343 Å². The minimum Gasteiger partial charge on any atom is -0.456 e. The van der Waals surface area contributed by atoms with Gasteiger partial charge in [0.2, 0.25) is 5.91 Å². The standard InChI is InChI=1S/C44H63N5O9/c1-30(2)40(45-6)42(54)46-37(28-34-20-13-11-14-21-34)43(55)49-27-17-22-36(47-49)44(56)58-38(31(3)19-16-24-39(52)48(7)57-8)23-15-10-9-12-18-32(4)41(53)35(29-50)26-25-33(5)51/h9-16,18-21,24,29-30,35-38,40-41,45,47,53H,17,22-23,25-28H2,1-8H3,(H,46,54)/b12-9+,15-10+,24-16+,31-19+,32-18+/t35-,36?,37?,38-,40?,41?/m0/s1. The summed E-state index contributed by atoms with van der Waals surface area (Å²) < 4.78 is 6.04. The molecule has 1 heterocycles. The fourth-order valence-corrected chi connectivity index (χ4v) is 6.17. The topological polar surface area (TPSA) is 184 Å². The van der Waals surface area contributed by atoms with Crippen molar-refractivity contribution < 1.29 is 43.4 Å². The first-order valence-electron chi connectivity index (χ1n) is 19.7. The molecule has 4 unspecified atom stereocenters. The maximum Gasteiger partial charge on any atom is 0.325 e. The summed E-state index contributed by atoms with van der Waals surface area (Å²) in [5.41, 5.74) is 5.14. The number of benzene rings is 1. The lowest BCUT2D eigenvalue weighted by Crippen LogP contribution is -2.61. The van der Waals surface area contributed by atoms with E-state index in [0.29, 0.717) is 36.8 Å². The lowest BCUT2D eigenvalue weighted by atomic mass is 9.92. The Bertz CT molecular complexity index is 1670. The Kier molecular flexibility index (Phi) is 22.1. The summed E-state index contributed by atoms with van der Waals surface area (Å²) in [5.74, 6) is -2.38. The van der Waals surface area contributed by atoms with Gasteiger partial charge >= 0.3 is 5.97 Å². The van der Waals surface area contributed by atoms with Crippen molar-refractivity contribution in [1.29, 1.82) is 0 Å². The number of nitrogens with one attached hydrogen (secondary N) is 3. The SMILES string of the molecule is CNC(C(=O)NC(Cc1ccccc1)C(=O)N1CCCC(C(=O)O[C@@H](C/C=C/C=C/C=C(\C)C(O)[C@H](C=O)CCC(C)=O)/C(C)=C/C=C/C(=O)N(C)OC)N1)C(C)C. The molecule has 1 aromatic carbocycles. The van der Waals surface area contributed by atoms with E-state index in [1.54, 1.807) is 57.4 Å². The number of hydroxylamine groups is 2. The monoisotopic (exact) mass is 805 g/mol. The van der Waals surface area contributed by atoms with E-state index in [1.807, 2.05) is 44.2 Å². The van der Waals surface area contributed by atoms with Gasteiger partial charge in [-0.25, -0.2) is 10.5 Å². The van der Waals surface area contributed by atoms with E-state index in [0.717, 1.165) is 10.6 Å². The molecule has 14 heteroatoms. The number of carbonyl (C=O) groups excluding carboxylic acids is 6. The van der Waals surface area contributed by atoms with E-state index >= 15 is 0 Å². The van der Waals surface area contributed by atoms with Crippen molar-refractivity contribution in [3.63, 3.8) is 0 Å². The number of nitrogens with zero attached hydrogens (tertiary/aromatic N) is 2. The van der Waals surface area contributed by atoms with Crippen LogP contribution in [0.1, 0.15) is 72.3 Å². The zero-order valence-electron chi connectivity index (χ0n) is 35.2. The Balaban J connectivity index is 2.25. The molecule has 0 saturated carbocycles. The highest BCUT2D eigenvalue weighted by molar-refractivity contribution is 5.90. The quantitative estimate of drug-likeness (QED) is 0.0414. The van der Waals surface area contributed by atoms with Gasteiger partial charge in [0.05, 0.1) is 19.3 Å². The third kappa shape index (κ3) is 16.8. The van der Waals surface area contributed by atoms with Gasteiger partial charge in [0.15, 0.2) is 0 Å². The number of allylic oxidation sites excluding steroid dienone is 6. The maximum atomic E-state index is 14.0. The number of carbonyl (C=O) groups is 6. The highest BCUT2D eigenvalue weighted by Crippen LogP contribution is 2.19. The van der Waals surface area contributed by atoms with Crippen LogP contribution in [0.4, 0.5) is 0 Å². The molecule has 3 amide bonds. The van der Waals surface area contributed by atoms with Gasteiger partial charge in [0.1, 0.15) is 30.3 Å². The van der Waals surface area contributed by atoms with Crippen LogP contribution in [-0.4, -0.2) is 109 Å². The van der Waals surface area contributed by atoms with Gasteiger partial charge in [-0.3, -0.25) is 29.0 Å². The van der Waals surface area contributed by atoms with E-state index in [-0.39, 0.29) is 55.1 Å². The number of ketones is 1. The van der Waals surface area contributed by atoms with Crippen LogP contribution in [0.25, 0.3) is 0 Å². The predicted octanol–water partition coefficient (Wildman–Crippen LogP) is 3.88. The normalized spacial score (nSPS) is 17.9. The van der Waals surface area contributed by atoms with Gasteiger partial charge in [-0.2, -0.15) is 0 Å². The highest BCUT2D eigenvalue weighted by atomic mass is 16.7. The fourth-order valence-electron chi connectivity index (χ4n) is 6.17. The lowest BCUT2D eigenvalue weighted by molar-refractivity contribution is -0.162. The third-order valence-corrected chi connectivity index (χ3v) is 9.79. The Morgan fingerprint density at radius 1 is 1.02 bits per heavy atom. The molecule has 0 spiro atoms. The number of aldehydes is 1. The van der Waals surface area contributed by atoms with E-state index in [2.05, 4.69) is 16.1 Å². The van der Waals surface area contributed by atoms with Gasteiger partial charge in [-0.15, -0.1) is 0 Å². The number of hydrogen-bond donors (Lipinski definition) is 4. The van der Waals surface area contributed by atoms with Crippen LogP contribution < -0.4 is 16.1 Å². The first-order valence-corrected chi connectivity index (χ1v) is 19.7. The van der Waals surface area contributed by atoms with Gasteiger partial charge in [-0.05, 0) is 69.7 Å². The third-order valence-electron chi connectivity index (χ3n) is 9.79. The van der Waals surface area contributed by atoms with Crippen molar-refractivity contribution in [2.45, 2.75) is 103 Å². The number of Topliss-reactive ketones (excluding diaryl/α,β-unsaturated/α-hetero) is 1. The summed E-state index contributed by atoms with van der Waals surface area (Å²) in [7, 11) is 4.56. The first kappa shape index (κ1) is 49.1. The zero-order chi connectivity index (χ0) is 43.2. The molecule has 58 heavy (non-hydrogen) atoms. The zero-order valence-corrected chi connectivity index (χ0v) is 35.2. The average molecular weight is 806 g/mol. The number of esters is 1. The molecule has 0 aromatic heterocycles. The second-order valence-electron chi connectivity index (χ2n) is 14.7. The van der Waals surface area contributed by atoms with Crippen LogP contribution in [0.2, 0.25) is 0 Å². The predicted molar refractivity (Wildman–Crippen MR) is 222 cm³/mol. The van der Waals surface area contributed by atoms with Crippen LogP contribution in [0, 0.1) is 11.8 Å². The number of aliphatic hydroxyl groups excluding tert-OH is 1. The molecule has 6 atom stereocenters. The van der Waals surface area contributed by atoms with E-state index < -0.39 is 42.2 Å². The molecular weight excluding hydrogens is 743 g/mol. The number of hydrazine groups is 1. The van der Waals surface area contributed by atoms with Crippen molar-refractivity contribution >= 4 is 35.8 Å². The van der Waals surface area contributed by atoms with Gasteiger partial charge < -0.3 is 30.1 Å². The van der Waals surface area contributed by atoms with Crippen molar-refractivity contribution in [3.05, 3.63) is 95.6 Å². The van der Waals surface area contributed by atoms with Crippen molar-refractivity contribution in [1.82, 2.24) is 26.1 Å². The smallest absolute Gasteiger partial charge is 0.325 e. The molecule has 2 rings (SSSR count). The lowest BCUT2D eigenvalue weighted by Gasteiger charge is -2.36. The van der Waals surface area contributed by atoms with Gasteiger partial charge in [0, 0.05) is 44.8 Å². The molecule has 14 nitrogen and oxygen atoms in total. The first-order chi connectivity index (χ1) is 27.6. The molecule has 1 fully saturated rings. The molecule has 0 radical (unpaired) electrons. The largest absolute Gasteiger partial charge is 0.456 e. The van der Waals surface area contributed by atoms with Crippen LogP contribution in [0.3, 0.4) is 0 Å². The van der Waals surface area contributed by atoms with Crippen LogP contribution >= 0.6 is 0 Å². The minimum absolute atomic E-state index is 0.0175. The summed E-state index contributed by atoms with van der Waals surface area (Å²) in [5, 5.41) is 19.0. The van der Waals surface area contributed by atoms with Crippen molar-refractivity contribution in [3.8, 4) is 0 Å². The summed E-state index contributed by atoms with van der Waals surface area (Å²) in [6.45, 7) is 9.09. The van der Waals surface area contributed by atoms with Crippen molar-refractivity contribution in [2.75, 3.05) is 27.7 Å². The van der Waals surface area contributed by atoms with Crippen molar-refractivity contribution in [2.24, 2.45) is 11.8 Å². The molecule has 0 bridgehead atoms. The number of ether oxygens (including phenoxy) is 1. The fraction of sp³-hybridized carbons (Fsp3) is 0.500. The molecule has 1 aromatic rings. The number of aliphatic hydroxyl groups is 1. The van der Waals surface area contributed by atoms with E-state index in [4.69, 9.17) is 9.57 Å².